The fraction of sp³-hybridized carbons (Fsp3) is 0.778. The summed E-state index contributed by atoms with van der Waals surface area (Å²) in [6.45, 7) is 4.00. The second-order valence-corrected chi connectivity index (χ2v) is 3.38. The van der Waals surface area contributed by atoms with Crippen LogP contribution in [0.2, 0.25) is 0 Å². The van der Waals surface area contributed by atoms with E-state index in [4.69, 9.17) is 0 Å². The van der Waals surface area contributed by atoms with Gasteiger partial charge in [-0.15, -0.1) is 5.10 Å². The van der Waals surface area contributed by atoms with Gasteiger partial charge in [-0.25, -0.2) is 0 Å². The van der Waals surface area contributed by atoms with Crippen molar-refractivity contribution in [2.45, 2.75) is 19.8 Å². The Morgan fingerprint density at radius 1 is 1.38 bits per heavy atom. The van der Waals surface area contributed by atoms with Crippen LogP contribution >= 0.6 is 0 Å². The van der Waals surface area contributed by atoms with Gasteiger partial charge < -0.3 is 10.2 Å². The van der Waals surface area contributed by atoms with Crippen molar-refractivity contribution in [1.29, 1.82) is 0 Å². The number of amidine groups is 1. The van der Waals surface area contributed by atoms with Crippen LogP contribution in [-0.4, -0.2) is 43.6 Å². The topological polar surface area (TPSA) is 40.0 Å². The van der Waals surface area contributed by atoms with E-state index in [2.05, 4.69) is 27.5 Å². The van der Waals surface area contributed by atoms with Crippen LogP contribution in [0.15, 0.2) is 10.2 Å². The molecule has 0 aromatic rings. The third kappa shape index (κ3) is 3.14. The molecule has 1 rings (SSSR count). The zero-order valence-corrected chi connectivity index (χ0v) is 8.67. The summed E-state index contributed by atoms with van der Waals surface area (Å²) >= 11 is 0. The van der Waals surface area contributed by atoms with Gasteiger partial charge in [0.1, 0.15) is 5.84 Å². The highest BCUT2D eigenvalue weighted by atomic mass is 15.3. The summed E-state index contributed by atoms with van der Waals surface area (Å²) in [6, 6.07) is 0. The Kier molecular flexibility index (Phi) is 3.89. The molecule has 74 valence electrons. The number of nitrogens with zero attached hydrogens (tertiary/aromatic N) is 3. The maximum Gasteiger partial charge on any atom is 0.127 e. The van der Waals surface area contributed by atoms with Gasteiger partial charge >= 0.3 is 0 Å². The zero-order chi connectivity index (χ0) is 9.68. The Morgan fingerprint density at radius 3 is 2.69 bits per heavy atom. The van der Waals surface area contributed by atoms with Gasteiger partial charge in [-0.2, -0.15) is 5.10 Å². The number of hydrogen-bond donors (Lipinski definition) is 1. The lowest BCUT2D eigenvalue weighted by atomic mass is 10.2. The fourth-order valence-corrected chi connectivity index (χ4v) is 1.21. The second-order valence-electron chi connectivity index (χ2n) is 3.38. The van der Waals surface area contributed by atoms with E-state index in [1.54, 1.807) is 0 Å². The minimum atomic E-state index is 0.984. The summed E-state index contributed by atoms with van der Waals surface area (Å²) < 4.78 is 0. The zero-order valence-electron chi connectivity index (χ0n) is 8.67. The van der Waals surface area contributed by atoms with Crippen molar-refractivity contribution in [3.05, 3.63) is 0 Å². The van der Waals surface area contributed by atoms with Crippen molar-refractivity contribution >= 4 is 11.5 Å². The predicted octanol–water partition coefficient (Wildman–Crippen LogP) is 0.706. The van der Waals surface area contributed by atoms with E-state index in [0.29, 0.717) is 0 Å². The molecule has 0 saturated heterocycles. The van der Waals surface area contributed by atoms with Gasteiger partial charge in [0.2, 0.25) is 0 Å². The molecule has 0 radical (unpaired) electrons. The maximum absolute atomic E-state index is 4.17. The van der Waals surface area contributed by atoms with Crippen LogP contribution in [0.1, 0.15) is 19.8 Å². The highest BCUT2D eigenvalue weighted by Crippen LogP contribution is 2.06. The highest BCUT2D eigenvalue weighted by Gasteiger charge is 2.10. The van der Waals surface area contributed by atoms with E-state index in [9.17, 15) is 0 Å². The first-order valence-corrected chi connectivity index (χ1v) is 4.69. The molecule has 1 aliphatic heterocycles. The molecule has 0 aromatic carbocycles. The molecular weight excluding hydrogens is 164 g/mol. The Balaban J connectivity index is 2.43. The molecule has 0 amide bonds. The van der Waals surface area contributed by atoms with Crippen molar-refractivity contribution in [3.8, 4) is 0 Å². The van der Waals surface area contributed by atoms with Crippen LogP contribution in [0.4, 0.5) is 0 Å². The monoisotopic (exact) mass is 182 g/mol. The van der Waals surface area contributed by atoms with Gasteiger partial charge in [-0.3, -0.25) is 0 Å². The Labute approximate surface area is 79.7 Å². The summed E-state index contributed by atoms with van der Waals surface area (Å²) in [4.78, 5) is 2.16. The highest BCUT2D eigenvalue weighted by molar-refractivity contribution is 5.92. The number of rotatable bonds is 3. The molecule has 0 saturated carbocycles. The van der Waals surface area contributed by atoms with E-state index in [1.165, 1.54) is 0 Å². The molecule has 0 bridgehead atoms. The van der Waals surface area contributed by atoms with Gasteiger partial charge in [0.05, 0.1) is 0 Å². The van der Waals surface area contributed by atoms with E-state index < -0.39 is 0 Å². The standard InChI is InChI=1S/C9H18N4/c1-8-4-5-9(12-11-8)13(3)7-6-10-2/h10H,4-7H2,1-3H3. The maximum atomic E-state index is 4.17. The molecular formula is C9H18N4. The Morgan fingerprint density at radius 2 is 2.15 bits per heavy atom. The molecule has 4 heteroatoms. The first-order chi connectivity index (χ1) is 6.24. The largest absolute Gasteiger partial charge is 0.360 e. The summed E-state index contributed by atoms with van der Waals surface area (Å²) in [5.41, 5.74) is 1.13. The molecule has 4 nitrogen and oxygen atoms in total. The molecule has 13 heavy (non-hydrogen) atoms. The molecule has 0 atom stereocenters. The minimum Gasteiger partial charge on any atom is -0.360 e. The van der Waals surface area contributed by atoms with Gasteiger partial charge in [0.25, 0.3) is 0 Å². The molecule has 1 N–H and O–H groups in total. The van der Waals surface area contributed by atoms with E-state index >= 15 is 0 Å². The summed E-state index contributed by atoms with van der Waals surface area (Å²) in [5.74, 6) is 1.10. The van der Waals surface area contributed by atoms with Crippen molar-refractivity contribution < 1.29 is 0 Å². The van der Waals surface area contributed by atoms with Gasteiger partial charge in [-0.1, -0.05) is 0 Å². The third-order valence-electron chi connectivity index (χ3n) is 2.18. The van der Waals surface area contributed by atoms with Gasteiger partial charge in [-0.05, 0) is 20.4 Å². The molecule has 1 heterocycles. The van der Waals surface area contributed by atoms with E-state index in [-0.39, 0.29) is 0 Å². The van der Waals surface area contributed by atoms with Crippen LogP contribution in [0.25, 0.3) is 0 Å². The van der Waals surface area contributed by atoms with Gasteiger partial charge in [0.15, 0.2) is 0 Å². The van der Waals surface area contributed by atoms with E-state index in [0.717, 1.165) is 37.5 Å². The molecule has 1 aliphatic rings. The number of hydrogen-bond acceptors (Lipinski definition) is 4. The Hall–Kier alpha value is -0.900. The lowest BCUT2D eigenvalue weighted by molar-refractivity contribution is 0.482. The lowest BCUT2D eigenvalue weighted by Gasteiger charge is -2.21. The van der Waals surface area contributed by atoms with Crippen LogP contribution in [0.5, 0.6) is 0 Å². The number of likely N-dealkylation sites (N-methyl/N-ethyl adjacent to an activating group) is 2. The second kappa shape index (κ2) is 4.97. The van der Waals surface area contributed by atoms with Crippen LogP contribution in [0.3, 0.4) is 0 Å². The molecule has 0 fully saturated rings. The molecule has 0 aromatic heterocycles. The quantitative estimate of drug-likeness (QED) is 0.698. The lowest BCUT2D eigenvalue weighted by Crippen LogP contribution is -2.33. The summed E-state index contributed by atoms with van der Waals surface area (Å²) in [6.07, 6.45) is 2.07. The first kappa shape index (κ1) is 10.2. The third-order valence-corrected chi connectivity index (χ3v) is 2.18. The van der Waals surface area contributed by atoms with Crippen molar-refractivity contribution in [2.75, 3.05) is 27.2 Å². The summed E-state index contributed by atoms with van der Waals surface area (Å²) in [5, 5.41) is 11.4. The average Bonchev–Trinajstić information content (AvgIpc) is 2.15. The van der Waals surface area contributed by atoms with Crippen LogP contribution < -0.4 is 5.32 Å². The van der Waals surface area contributed by atoms with Crippen molar-refractivity contribution in [2.24, 2.45) is 10.2 Å². The smallest absolute Gasteiger partial charge is 0.127 e. The first-order valence-electron chi connectivity index (χ1n) is 4.69. The molecule has 0 unspecified atom stereocenters. The minimum absolute atomic E-state index is 0.984. The predicted molar refractivity (Wildman–Crippen MR) is 56.3 cm³/mol. The van der Waals surface area contributed by atoms with Crippen molar-refractivity contribution in [3.63, 3.8) is 0 Å². The Bertz CT molecular complexity index is 220. The van der Waals surface area contributed by atoms with E-state index in [1.807, 2.05) is 14.0 Å². The SMILES string of the molecule is CNCCN(C)C1=NN=C(C)CC1. The fourth-order valence-electron chi connectivity index (χ4n) is 1.21. The van der Waals surface area contributed by atoms with Crippen molar-refractivity contribution in [1.82, 2.24) is 10.2 Å². The van der Waals surface area contributed by atoms with Crippen LogP contribution in [0, 0.1) is 0 Å². The molecule has 0 spiro atoms. The van der Waals surface area contributed by atoms with Gasteiger partial charge in [0, 0.05) is 32.3 Å². The summed E-state index contributed by atoms with van der Waals surface area (Å²) in [7, 11) is 4.02. The van der Waals surface area contributed by atoms with Crippen LogP contribution in [-0.2, 0) is 0 Å². The normalized spacial score (nSPS) is 16.5. The average molecular weight is 182 g/mol. The molecule has 0 aliphatic carbocycles. The number of nitrogens with one attached hydrogen (secondary N) is 1.